The molecule has 19 heavy (non-hydrogen) atoms. The minimum atomic E-state index is 0.0868. The van der Waals surface area contributed by atoms with Gasteiger partial charge in [-0.1, -0.05) is 13.8 Å². The monoisotopic (exact) mass is 269 g/mol. The normalized spacial score (nSPS) is 19.4. The number of aliphatic hydroxyl groups is 1. The van der Waals surface area contributed by atoms with E-state index in [2.05, 4.69) is 43.3 Å². The van der Waals surface area contributed by atoms with E-state index in [0.717, 1.165) is 44.2 Å². The molecule has 0 aromatic carbocycles. The quantitative estimate of drug-likeness (QED) is 0.467. The topological polar surface area (TPSA) is 56.7 Å². The van der Waals surface area contributed by atoms with Crippen LogP contribution in [0.25, 0.3) is 0 Å². The first-order chi connectivity index (χ1) is 9.01. The van der Waals surface area contributed by atoms with Gasteiger partial charge in [0.2, 0.25) is 0 Å². The molecule has 1 saturated carbocycles. The maximum atomic E-state index is 9.32. The number of aliphatic hydroxyl groups excluding tert-OH is 1. The molecule has 4 nitrogen and oxygen atoms in total. The molecular weight excluding hydrogens is 238 g/mol. The standard InChI is InChI=1S/C15H31N3O/c1-5-16-14(17-10-15(11-19)8-9-15)18-13(4)7-6-12(2)3/h12-13,19H,5-11H2,1-4H3,(H2,16,17,18). The van der Waals surface area contributed by atoms with Crippen molar-refractivity contribution < 1.29 is 5.11 Å². The molecule has 1 atom stereocenters. The maximum absolute atomic E-state index is 9.32. The third-order valence-electron chi connectivity index (χ3n) is 3.77. The highest BCUT2D eigenvalue weighted by atomic mass is 16.3. The van der Waals surface area contributed by atoms with Crippen LogP contribution in [0, 0.1) is 11.3 Å². The highest BCUT2D eigenvalue weighted by Gasteiger charge is 2.41. The van der Waals surface area contributed by atoms with Gasteiger partial charge >= 0.3 is 0 Å². The third-order valence-corrected chi connectivity index (χ3v) is 3.77. The van der Waals surface area contributed by atoms with Crippen LogP contribution in [0.5, 0.6) is 0 Å². The van der Waals surface area contributed by atoms with Crippen molar-refractivity contribution in [1.29, 1.82) is 0 Å². The van der Waals surface area contributed by atoms with Crippen molar-refractivity contribution in [3.05, 3.63) is 0 Å². The SMILES string of the molecule is CCNC(=NCC1(CO)CC1)NC(C)CCC(C)C. The van der Waals surface area contributed by atoms with Gasteiger partial charge in [-0.05, 0) is 45.4 Å². The number of hydrogen-bond donors (Lipinski definition) is 3. The van der Waals surface area contributed by atoms with Gasteiger partial charge in [0.05, 0.1) is 13.2 Å². The molecule has 3 N–H and O–H groups in total. The van der Waals surface area contributed by atoms with Gasteiger partial charge in [0, 0.05) is 18.0 Å². The molecule has 1 rings (SSSR count). The molecule has 0 radical (unpaired) electrons. The zero-order chi connectivity index (χ0) is 14.3. The van der Waals surface area contributed by atoms with Crippen LogP contribution >= 0.6 is 0 Å². The van der Waals surface area contributed by atoms with Gasteiger partial charge < -0.3 is 15.7 Å². The molecule has 0 aromatic rings. The van der Waals surface area contributed by atoms with Crippen LogP contribution < -0.4 is 10.6 Å². The zero-order valence-electron chi connectivity index (χ0n) is 13.0. The van der Waals surface area contributed by atoms with E-state index in [9.17, 15) is 5.11 Å². The minimum Gasteiger partial charge on any atom is -0.396 e. The second-order valence-corrected chi connectivity index (χ2v) is 6.37. The molecule has 1 aliphatic rings. The molecule has 1 aliphatic carbocycles. The molecule has 0 bridgehead atoms. The van der Waals surface area contributed by atoms with E-state index >= 15 is 0 Å². The molecule has 0 aromatic heterocycles. The predicted molar refractivity (Wildman–Crippen MR) is 81.4 cm³/mol. The third kappa shape index (κ3) is 6.28. The summed E-state index contributed by atoms with van der Waals surface area (Å²) in [4.78, 5) is 4.62. The summed E-state index contributed by atoms with van der Waals surface area (Å²) in [5, 5.41) is 16.1. The largest absolute Gasteiger partial charge is 0.396 e. The average Bonchev–Trinajstić information content (AvgIpc) is 3.14. The summed E-state index contributed by atoms with van der Waals surface area (Å²) in [5.41, 5.74) is 0.0868. The van der Waals surface area contributed by atoms with E-state index in [1.54, 1.807) is 0 Å². The van der Waals surface area contributed by atoms with Gasteiger partial charge in [-0.2, -0.15) is 0 Å². The number of rotatable bonds is 8. The first-order valence-electron chi connectivity index (χ1n) is 7.67. The molecule has 0 aliphatic heterocycles. The maximum Gasteiger partial charge on any atom is 0.191 e. The summed E-state index contributed by atoms with van der Waals surface area (Å²) in [6, 6.07) is 0.435. The fourth-order valence-corrected chi connectivity index (χ4v) is 2.00. The lowest BCUT2D eigenvalue weighted by Crippen LogP contribution is -2.42. The van der Waals surface area contributed by atoms with Crippen molar-refractivity contribution in [2.24, 2.45) is 16.3 Å². The van der Waals surface area contributed by atoms with Gasteiger partial charge in [0.15, 0.2) is 5.96 Å². The molecule has 0 heterocycles. The number of hydrogen-bond acceptors (Lipinski definition) is 2. The van der Waals surface area contributed by atoms with E-state index in [4.69, 9.17) is 0 Å². The predicted octanol–water partition coefficient (Wildman–Crippen LogP) is 2.14. The highest BCUT2D eigenvalue weighted by Crippen LogP contribution is 2.45. The molecular formula is C15H31N3O. The smallest absolute Gasteiger partial charge is 0.191 e. The van der Waals surface area contributed by atoms with Gasteiger partial charge in [0.1, 0.15) is 0 Å². The van der Waals surface area contributed by atoms with Crippen LogP contribution in [0.15, 0.2) is 4.99 Å². The Balaban J connectivity index is 2.40. The number of nitrogens with one attached hydrogen (secondary N) is 2. The molecule has 1 fully saturated rings. The Hall–Kier alpha value is -0.770. The Bertz CT molecular complexity index is 285. The highest BCUT2D eigenvalue weighted by molar-refractivity contribution is 5.80. The molecule has 0 spiro atoms. The zero-order valence-corrected chi connectivity index (χ0v) is 13.0. The summed E-state index contributed by atoms with van der Waals surface area (Å²) < 4.78 is 0. The van der Waals surface area contributed by atoms with Crippen LogP contribution in [0.4, 0.5) is 0 Å². The second kappa shape index (κ2) is 7.73. The van der Waals surface area contributed by atoms with E-state index in [-0.39, 0.29) is 12.0 Å². The summed E-state index contributed by atoms with van der Waals surface area (Å²) in [6.07, 6.45) is 4.60. The van der Waals surface area contributed by atoms with Crippen LogP contribution in [0.3, 0.4) is 0 Å². The van der Waals surface area contributed by atoms with Gasteiger partial charge in [-0.3, -0.25) is 4.99 Å². The van der Waals surface area contributed by atoms with Crippen molar-refractivity contribution in [2.75, 3.05) is 19.7 Å². The summed E-state index contributed by atoms with van der Waals surface area (Å²) in [6.45, 7) is 10.7. The van der Waals surface area contributed by atoms with Gasteiger partial charge in [-0.25, -0.2) is 0 Å². The molecule has 112 valence electrons. The van der Waals surface area contributed by atoms with Crippen molar-refractivity contribution in [3.63, 3.8) is 0 Å². The summed E-state index contributed by atoms with van der Waals surface area (Å²) in [7, 11) is 0. The Morgan fingerprint density at radius 2 is 1.95 bits per heavy atom. The lowest BCUT2D eigenvalue weighted by Gasteiger charge is -2.19. The van der Waals surface area contributed by atoms with Crippen LogP contribution in [0.1, 0.15) is 53.4 Å². The Morgan fingerprint density at radius 3 is 2.42 bits per heavy atom. The van der Waals surface area contributed by atoms with Crippen molar-refractivity contribution >= 4 is 5.96 Å². The van der Waals surface area contributed by atoms with Gasteiger partial charge in [-0.15, -0.1) is 0 Å². The average molecular weight is 269 g/mol. The van der Waals surface area contributed by atoms with E-state index in [0.29, 0.717) is 6.04 Å². The van der Waals surface area contributed by atoms with Crippen molar-refractivity contribution in [1.82, 2.24) is 10.6 Å². The lowest BCUT2D eigenvalue weighted by atomic mass is 10.0. The van der Waals surface area contributed by atoms with Crippen LogP contribution in [0.2, 0.25) is 0 Å². The second-order valence-electron chi connectivity index (χ2n) is 6.37. The Kier molecular flexibility index (Phi) is 6.63. The van der Waals surface area contributed by atoms with Crippen LogP contribution in [-0.4, -0.2) is 36.8 Å². The summed E-state index contributed by atoms with van der Waals surface area (Å²) >= 11 is 0. The number of aliphatic imine (C=N–C) groups is 1. The van der Waals surface area contributed by atoms with Crippen LogP contribution in [-0.2, 0) is 0 Å². The number of nitrogens with zero attached hydrogens (tertiary/aromatic N) is 1. The first kappa shape index (κ1) is 16.3. The molecule has 1 unspecified atom stereocenters. The van der Waals surface area contributed by atoms with Gasteiger partial charge in [0.25, 0.3) is 0 Å². The molecule has 4 heteroatoms. The Labute approximate surface area is 118 Å². The first-order valence-corrected chi connectivity index (χ1v) is 7.67. The lowest BCUT2D eigenvalue weighted by molar-refractivity contribution is 0.216. The van der Waals surface area contributed by atoms with E-state index in [1.165, 1.54) is 6.42 Å². The minimum absolute atomic E-state index is 0.0868. The fourth-order valence-electron chi connectivity index (χ4n) is 2.00. The van der Waals surface area contributed by atoms with E-state index in [1.807, 2.05) is 0 Å². The molecule has 0 amide bonds. The van der Waals surface area contributed by atoms with Crippen molar-refractivity contribution in [2.45, 2.75) is 59.4 Å². The van der Waals surface area contributed by atoms with Crippen molar-refractivity contribution in [3.8, 4) is 0 Å². The Morgan fingerprint density at radius 1 is 1.26 bits per heavy atom. The fraction of sp³-hybridized carbons (Fsp3) is 0.933. The number of guanidine groups is 1. The summed E-state index contributed by atoms with van der Waals surface area (Å²) in [5.74, 6) is 1.63. The van der Waals surface area contributed by atoms with E-state index < -0.39 is 0 Å². The molecule has 0 saturated heterocycles.